The molecule has 2 atom stereocenters. The molecule has 1 nitrogen and oxygen atoms in total. The Morgan fingerprint density at radius 1 is 1.64 bits per heavy atom. The highest BCUT2D eigenvalue weighted by atomic mass is 14.9. The minimum Gasteiger partial charge on any atom is -0.384 e. The summed E-state index contributed by atoms with van der Waals surface area (Å²) in [6.07, 6.45) is 8.29. The molecule has 0 saturated heterocycles. The van der Waals surface area contributed by atoms with Crippen LogP contribution in [-0.2, 0) is 0 Å². The molecule has 0 aromatic heterocycles. The van der Waals surface area contributed by atoms with Crippen molar-refractivity contribution >= 4 is 0 Å². The summed E-state index contributed by atoms with van der Waals surface area (Å²) < 4.78 is 0. The molecule has 1 heteroatoms. The first-order chi connectivity index (χ1) is 5.29. The van der Waals surface area contributed by atoms with Gasteiger partial charge in [0.25, 0.3) is 0 Å². The molecule has 0 aromatic carbocycles. The molecule has 0 spiro atoms. The van der Waals surface area contributed by atoms with Gasteiger partial charge < -0.3 is 5.32 Å². The Labute approximate surface area is 68.5 Å². The summed E-state index contributed by atoms with van der Waals surface area (Å²) >= 11 is 0. The van der Waals surface area contributed by atoms with Crippen molar-refractivity contribution in [3.8, 4) is 0 Å². The smallest absolute Gasteiger partial charge is 0.0536 e. The van der Waals surface area contributed by atoms with Crippen molar-refractivity contribution in [1.29, 1.82) is 0 Å². The van der Waals surface area contributed by atoms with Crippen LogP contribution in [0.1, 0.15) is 13.8 Å². The lowest BCUT2D eigenvalue weighted by Crippen LogP contribution is -2.24. The molecule has 1 N–H and O–H groups in total. The SMILES string of the molecule is C=CC1NC=C[C@@H]1/C(C)=C\C. The van der Waals surface area contributed by atoms with Gasteiger partial charge in [0.2, 0.25) is 0 Å². The van der Waals surface area contributed by atoms with Crippen LogP contribution in [0.4, 0.5) is 0 Å². The third kappa shape index (κ3) is 1.53. The van der Waals surface area contributed by atoms with Gasteiger partial charge in [-0.15, -0.1) is 6.58 Å². The van der Waals surface area contributed by atoms with Crippen molar-refractivity contribution in [1.82, 2.24) is 5.32 Å². The second kappa shape index (κ2) is 3.42. The van der Waals surface area contributed by atoms with Crippen LogP contribution in [0.15, 0.2) is 36.6 Å². The fourth-order valence-corrected chi connectivity index (χ4v) is 1.34. The summed E-state index contributed by atoms with van der Waals surface area (Å²) in [5.74, 6) is 0.512. The van der Waals surface area contributed by atoms with E-state index in [1.165, 1.54) is 5.57 Å². The van der Waals surface area contributed by atoms with E-state index < -0.39 is 0 Å². The molecule has 1 heterocycles. The second-order valence-electron chi connectivity index (χ2n) is 2.85. The van der Waals surface area contributed by atoms with Gasteiger partial charge in [0.05, 0.1) is 6.04 Å². The second-order valence-corrected chi connectivity index (χ2v) is 2.85. The van der Waals surface area contributed by atoms with Crippen molar-refractivity contribution in [2.75, 3.05) is 0 Å². The quantitative estimate of drug-likeness (QED) is 0.594. The lowest BCUT2D eigenvalue weighted by atomic mass is 9.94. The van der Waals surface area contributed by atoms with E-state index in [0.29, 0.717) is 12.0 Å². The van der Waals surface area contributed by atoms with E-state index in [1.807, 2.05) is 12.3 Å². The molecule has 0 saturated carbocycles. The molecule has 0 amide bonds. The van der Waals surface area contributed by atoms with Crippen molar-refractivity contribution in [3.05, 3.63) is 36.6 Å². The largest absolute Gasteiger partial charge is 0.384 e. The summed E-state index contributed by atoms with van der Waals surface area (Å²) in [5.41, 5.74) is 1.40. The molecule has 0 bridgehead atoms. The van der Waals surface area contributed by atoms with Crippen molar-refractivity contribution < 1.29 is 0 Å². The van der Waals surface area contributed by atoms with Crippen LogP contribution >= 0.6 is 0 Å². The van der Waals surface area contributed by atoms with E-state index in [4.69, 9.17) is 0 Å². The minimum absolute atomic E-state index is 0.395. The minimum atomic E-state index is 0.395. The zero-order valence-electron chi connectivity index (χ0n) is 7.17. The average Bonchev–Trinajstić information content (AvgIpc) is 2.50. The Bertz CT molecular complexity index is 201. The predicted octanol–water partition coefficient (Wildman–Crippen LogP) is 2.24. The van der Waals surface area contributed by atoms with E-state index in [1.54, 1.807) is 0 Å². The van der Waals surface area contributed by atoms with Crippen LogP contribution < -0.4 is 5.32 Å². The maximum atomic E-state index is 3.78. The normalized spacial score (nSPS) is 30.2. The Kier molecular flexibility index (Phi) is 2.53. The number of rotatable bonds is 2. The molecule has 1 aliphatic rings. The summed E-state index contributed by atoms with van der Waals surface area (Å²) in [7, 11) is 0. The van der Waals surface area contributed by atoms with E-state index in [-0.39, 0.29) is 0 Å². The van der Waals surface area contributed by atoms with Gasteiger partial charge >= 0.3 is 0 Å². The van der Waals surface area contributed by atoms with Crippen LogP contribution in [0, 0.1) is 5.92 Å². The first kappa shape index (κ1) is 8.12. The molecule has 1 aliphatic heterocycles. The molecular weight excluding hydrogens is 134 g/mol. The van der Waals surface area contributed by atoms with Gasteiger partial charge in [-0.25, -0.2) is 0 Å². The molecule has 1 rings (SSSR count). The van der Waals surface area contributed by atoms with E-state index in [2.05, 4.69) is 37.9 Å². The van der Waals surface area contributed by atoms with Crippen molar-refractivity contribution in [2.24, 2.45) is 5.92 Å². The number of hydrogen-bond acceptors (Lipinski definition) is 1. The highest BCUT2D eigenvalue weighted by Gasteiger charge is 2.19. The molecule has 0 radical (unpaired) electrons. The Balaban J connectivity index is 2.70. The van der Waals surface area contributed by atoms with Crippen LogP contribution in [0.2, 0.25) is 0 Å². The zero-order valence-corrected chi connectivity index (χ0v) is 7.17. The fourth-order valence-electron chi connectivity index (χ4n) is 1.34. The van der Waals surface area contributed by atoms with Crippen LogP contribution in [0.5, 0.6) is 0 Å². The first-order valence-electron chi connectivity index (χ1n) is 3.97. The summed E-state index contributed by atoms with van der Waals surface area (Å²) in [6, 6.07) is 0.395. The molecule has 1 unspecified atom stereocenters. The van der Waals surface area contributed by atoms with E-state index in [0.717, 1.165) is 0 Å². The standard InChI is InChI=1S/C10H15N/c1-4-8(3)9-6-7-11-10(9)5-2/h4-7,9-11H,2H2,1,3H3/b8-4-/t9-,10?/m1/s1. The van der Waals surface area contributed by atoms with Crippen LogP contribution in [0.25, 0.3) is 0 Å². The van der Waals surface area contributed by atoms with Gasteiger partial charge in [0, 0.05) is 5.92 Å². The highest BCUT2D eigenvalue weighted by molar-refractivity contribution is 5.21. The van der Waals surface area contributed by atoms with Crippen molar-refractivity contribution in [3.63, 3.8) is 0 Å². The van der Waals surface area contributed by atoms with Crippen molar-refractivity contribution in [2.45, 2.75) is 19.9 Å². The maximum Gasteiger partial charge on any atom is 0.0536 e. The van der Waals surface area contributed by atoms with Gasteiger partial charge in [-0.05, 0) is 20.0 Å². The molecule has 0 aliphatic carbocycles. The number of hydrogen-bond donors (Lipinski definition) is 1. The third-order valence-electron chi connectivity index (χ3n) is 2.21. The number of nitrogens with one attached hydrogen (secondary N) is 1. The van der Waals surface area contributed by atoms with Crippen LogP contribution in [0.3, 0.4) is 0 Å². The fraction of sp³-hybridized carbons (Fsp3) is 0.400. The summed E-state index contributed by atoms with van der Waals surface area (Å²) in [6.45, 7) is 8.00. The predicted molar refractivity (Wildman–Crippen MR) is 49.2 cm³/mol. The van der Waals surface area contributed by atoms with E-state index in [9.17, 15) is 0 Å². The topological polar surface area (TPSA) is 12.0 Å². The summed E-state index contributed by atoms with van der Waals surface area (Å²) in [5, 5.41) is 3.23. The zero-order chi connectivity index (χ0) is 8.27. The third-order valence-corrected chi connectivity index (χ3v) is 2.21. The Hall–Kier alpha value is -0.980. The molecular formula is C10H15N. The molecule has 0 aromatic rings. The molecule has 11 heavy (non-hydrogen) atoms. The van der Waals surface area contributed by atoms with E-state index >= 15 is 0 Å². The summed E-state index contributed by atoms with van der Waals surface area (Å²) in [4.78, 5) is 0. The van der Waals surface area contributed by atoms with Crippen LogP contribution in [-0.4, -0.2) is 6.04 Å². The van der Waals surface area contributed by atoms with Gasteiger partial charge in [-0.2, -0.15) is 0 Å². The Morgan fingerprint density at radius 2 is 2.36 bits per heavy atom. The molecule has 0 fully saturated rings. The van der Waals surface area contributed by atoms with Gasteiger partial charge in [-0.3, -0.25) is 0 Å². The highest BCUT2D eigenvalue weighted by Crippen LogP contribution is 2.21. The van der Waals surface area contributed by atoms with Gasteiger partial charge in [-0.1, -0.05) is 23.8 Å². The lowest BCUT2D eigenvalue weighted by molar-refractivity contribution is 0.628. The maximum absolute atomic E-state index is 3.78. The monoisotopic (exact) mass is 149 g/mol. The first-order valence-corrected chi connectivity index (χ1v) is 3.97. The average molecular weight is 149 g/mol. The molecule has 60 valence electrons. The lowest BCUT2D eigenvalue weighted by Gasteiger charge is -2.16. The van der Waals surface area contributed by atoms with Gasteiger partial charge in [0.1, 0.15) is 0 Å². The Morgan fingerprint density at radius 3 is 2.91 bits per heavy atom. The van der Waals surface area contributed by atoms with Gasteiger partial charge in [0.15, 0.2) is 0 Å². The number of allylic oxidation sites excluding steroid dienone is 1.